The number of nitrogens with zero attached hydrogens (tertiary/aromatic N) is 3. The summed E-state index contributed by atoms with van der Waals surface area (Å²) in [7, 11) is 1.60. The summed E-state index contributed by atoms with van der Waals surface area (Å²) in [6, 6.07) is 18.9. The molecule has 3 aromatic carbocycles. The Balaban J connectivity index is 1.43. The SMILES string of the molecule is COc1cc(-c2ccc(C)cc2)ccc1O[C@H](C)Cn1cc(-c2ccc(C(F)(F)F)cc2)nn1. The molecule has 0 fully saturated rings. The van der Waals surface area contributed by atoms with Gasteiger partial charge in [-0.2, -0.15) is 13.2 Å². The molecule has 1 atom stereocenters. The van der Waals surface area contributed by atoms with Crippen LogP contribution in [0.3, 0.4) is 0 Å². The number of aromatic nitrogens is 3. The number of rotatable bonds is 7. The first-order chi connectivity index (χ1) is 16.2. The highest BCUT2D eigenvalue weighted by atomic mass is 19.4. The van der Waals surface area contributed by atoms with E-state index in [1.807, 2.05) is 32.0 Å². The van der Waals surface area contributed by atoms with Crippen molar-refractivity contribution in [2.45, 2.75) is 32.7 Å². The van der Waals surface area contributed by atoms with Crippen molar-refractivity contribution in [3.8, 4) is 33.9 Å². The topological polar surface area (TPSA) is 49.2 Å². The lowest BCUT2D eigenvalue weighted by Gasteiger charge is -2.17. The smallest absolute Gasteiger partial charge is 0.416 e. The number of ether oxygens (including phenoxy) is 2. The van der Waals surface area contributed by atoms with Gasteiger partial charge in [0.2, 0.25) is 0 Å². The van der Waals surface area contributed by atoms with Crippen LogP contribution >= 0.6 is 0 Å². The van der Waals surface area contributed by atoms with Crippen LogP contribution in [0.2, 0.25) is 0 Å². The first kappa shape index (κ1) is 23.4. The molecule has 176 valence electrons. The van der Waals surface area contributed by atoms with Crippen molar-refractivity contribution in [3.63, 3.8) is 0 Å². The molecular formula is C26H24F3N3O2. The maximum absolute atomic E-state index is 12.8. The van der Waals surface area contributed by atoms with Crippen LogP contribution in [0.4, 0.5) is 13.2 Å². The minimum atomic E-state index is -4.37. The third-order valence-electron chi connectivity index (χ3n) is 5.37. The van der Waals surface area contributed by atoms with Crippen LogP contribution in [-0.2, 0) is 12.7 Å². The van der Waals surface area contributed by atoms with Crippen molar-refractivity contribution in [2.75, 3.05) is 7.11 Å². The van der Waals surface area contributed by atoms with Crippen molar-refractivity contribution in [1.29, 1.82) is 0 Å². The Morgan fingerprint density at radius 3 is 2.18 bits per heavy atom. The standard InChI is InChI=1S/C26H24F3N3O2/c1-17-4-6-19(7-5-17)21-10-13-24(25(14-21)33-3)34-18(2)15-32-16-23(30-31-32)20-8-11-22(12-9-20)26(27,28)29/h4-14,16,18H,15H2,1-3H3/t18-/m1/s1. The summed E-state index contributed by atoms with van der Waals surface area (Å²) in [6.45, 7) is 4.34. The highest BCUT2D eigenvalue weighted by molar-refractivity contribution is 5.67. The van der Waals surface area contributed by atoms with E-state index in [1.54, 1.807) is 18.0 Å². The largest absolute Gasteiger partial charge is 0.493 e. The van der Waals surface area contributed by atoms with Gasteiger partial charge in [-0.3, -0.25) is 0 Å². The van der Waals surface area contributed by atoms with Crippen LogP contribution in [0.5, 0.6) is 11.5 Å². The number of aryl methyl sites for hydroxylation is 1. The van der Waals surface area contributed by atoms with E-state index >= 15 is 0 Å². The first-order valence-corrected chi connectivity index (χ1v) is 10.7. The van der Waals surface area contributed by atoms with Crippen molar-refractivity contribution in [1.82, 2.24) is 15.0 Å². The number of benzene rings is 3. The third kappa shape index (κ3) is 5.39. The third-order valence-corrected chi connectivity index (χ3v) is 5.37. The molecule has 34 heavy (non-hydrogen) atoms. The molecule has 0 saturated carbocycles. The van der Waals surface area contributed by atoms with Gasteiger partial charge in [0, 0.05) is 5.56 Å². The summed E-state index contributed by atoms with van der Waals surface area (Å²) in [5, 5.41) is 8.16. The second kappa shape index (κ2) is 9.59. The monoisotopic (exact) mass is 467 g/mol. The van der Waals surface area contributed by atoms with E-state index in [9.17, 15) is 13.2 Å². The summed E-state index contributed by atoms with van der Waals surface area (Å²) in [4.78, 5) is 0. The van der Waals surface area contributed by atoms with Crippen LogP contribution in [0.25, 0.3) is 22.4 Å². The molecule has 0 aliphatic heterocycles. The predicted octanol–water partition coefficient (Wildman–Crippen LogP) is 6.42. The summed E-state index contributed by atoms with van der Waals surface area (Å²) in [5.74, 6) is 1.22. The minimum Gasteiger partial charge on any atom is -0.493 e. The number of hydrogen-bond donors (Lipinski definition) is 0. The molecule has 4 aromatic rings. The van der Waals surface area contributed by atoms with Crippen LogP contribution in [0.15, 0.2) is 72.9 Å². The van der Waals surface area contributed by atoms with Gasteiger partial charge in [0.05, 0.1) is 25.4 Å². The zero-order chi connectivity index (χ0) is 24.3. The first-order valence-electron chi connectivity index (χ1n) is 10.7. The van der Waals surface area contributed by atoms with Crippen molar-refractivity contribution >= 4 is 0 Å². The Labute approximate surface area is 195 Å². The van der Waals surface area contributed by atoms with Gasteiger partial charge in [0.1, 0.15) is 11.8 Å². The number of methoxy groups -OCH3 is 1. The molecule has 1 heterocycles. The average molecular weight is 467 g/mol. The van der Waals surface area contributed by atoms with Gasteiger partial charge in [-0.05, 0) is 49.2 Å². The maximum atomic E-state index is 12.8. The van der Waals surface area contributed by atoms with Gasteiger partial charge in [0.25, 0.3) is 0 Å². The molecule has 0 bridgehead atoms. The maximum Gasteiger partial charge on any atom is 0.416 e. The quantitative estimate of drug-likeness (QED) is 0.315. The fourth-order valence-corrected chi connectivity index (χ4v) is 3.56. The van der Waals surface area contributed by atoms with Gasteiger partial charge in [-0.25, -0.2) is 4.68 Å². The molecule has 0 saturated heterocycles. The van der Waals surface area contributed by atoms with E-state index in [0.29, 0.717) is 29.3 Å². The highest BCUT2D eigenvalue weighted by Gasteiger charge is 2.30. The van der Waals surface area contributed by atoms with Crippen LogP contribution in [0.1, 0.15) is 18.1 Å². The molecule has 0 amide bonds. The van der Waals surface area contributed by atoms with Crippen molar-refractivity contribution in [3.05, 3.63) is 84.1 Å². The van der Waals surface area contributed by atoms with Crippen LogP contribution in [-0.4, -0.2) is 28.2 Å². The molecular weight excluding hydrogens is 443 g/mol. The van der Waals surface area contributed by atoms with E-state index in [-0.39, 0.29) is 6.10 Å². The number of alkyl halides is 3. The van der Waals surface area contributed by atoms with Crippen molar-refractivity contribution < 1.29 is 22.6 Å². The molecule has 1 aromatic heterocycles. The fraction of sp³-hybridized carbons (Fsp3) is 0.231. The molecule has 5 nitrogen and oxygen atoms in total. The van der Waals surface area contributed by atoms with Gasteiger partial charge >= 0.3 is 6.18 Å². The van der Waals surface area contributed by atoms with Crippen molar-refractivity contribution in [2.24, 2.45) is 0 Å². The van der Waals surface area contributed by atoms with E-state index in [4.69, 9.17) is 9.47 Å². The number of hydrogen-bond acceptors (Lipinski definition) is 4. The van der Waals surface area contributed by atoms with Crippen LogP contribution < -0.4 is 9.47 Å². The van der Waals surface area contributed by atoms with Gasteiger partial charge in [-0.1, -0.05) is 53.2 Å². The average Bonchev–Trinajstić information content (AvgIpc) is 3.27. The molecule has 0 aliphatic carbocycles. The van der Waals surface area contributed by atoms with E-state index in [0.717, 1.165) is 23.3 Å². The Kier molecular flexibility index (Phi) is 6.58. The van der Waals surface area contributed by atoms with Gasteiger partial charge < -0.3 is 9.47 Å². The molecule has 4 rings (SSSR count). The van der Waals surface area contributed by atoms with Gasteiger partial charge in [0.15, 0.2) is 11.5 Å². The highest BCUT2D eigenvalue weighted by Crippen LogP contribution is 2.34. The molecule has 0 spiro atoms. The lowest BCUT2D eigenvalue weighted by molar-refractivity contribution is -0.137. The minimum absolute atomic E-state index is 0.263. The second-order valence-corrected chi connectivity index (χ2v) is 8.06. The normalized spacial score (nSPS) is 12.4. The summed E-state index contributed by atoms with van der Waals surface area (Å²) in [6.07, 6.45) is -2.95. The Hall–Kier alpha value is -3.81. The Bertz CT molecular complexity index is 1250. The van der Waals surface area contributed by atoms with E-state index < -0.39 is 11.7 Å². The Morgan fingerprint density at radius 2 is 1.53 bits per heavy atom. The molecule has 0 aliphatic rings. The lowest BCUT2D eigenvalue weighted by atomic mass is 10.0. The summed E-state index contributed by atoms with van der Waals surface area (Å²) >= 11 is 0. The second-order valence-electron chi connectivity index (χ2n) is 8.06. The van der Waals surface area contributed by atoms with E-state index in [1.165, 1.54) is 17.7 Å². The van der Waals surface area contributed by atoms with Crippen LogP contribution in [0, 0.1) is 6.92 Å². The number of halogens is 3. The zero-order valence-electron chi connectivity index (χ0n) is 19.0. The molecule has 8 heteroatoms. The molecule has 0 radical (unpaired) electrons. The molecule has 0 unspecified atom stereocenters. The Morgan fingerprint density at radius 1 is 0.882 bits per heavy atom. The fourth-order valence-electron chi connectivity index (χ4n) is 3.56. The summed E-state index contributed by atoms with van der Waals surface area (Å²) < 4.78 is 51.5. The molecule has 0 N–H and O–H groups in total. The summed E-state index contributed by atoms with van der Waals surface area (Å²) in [5.41, 5.74) is 3.64. The van der Waals surface area contributed by atoms with Gasteiger partial charge in [-0.15, -0.1) is 5.10 Å². The zero-order valence-corrected chi connectivity index (χ0v) is 19.0. The predicted molar refractivity (Wildman–Crippen MR) is 124 cm³/mol. The van der Waals surface area contributed by atoms with E-state index in [2.05, 4.69) is 34.6 Å². The lowest BCUT2D eigenvalue weighted by Crippen LogP contribution is -2.20.